The van der Waals surface area contributed by atoms with E-state index >= 15 is 0 Å². The van der Waals surface area contributed by atoms with Gasteiger partial charge in [0.2, 0.25) is 0 Å². The minimum atomic E-state index is -0.0376. The number of rotatable bonds is 5. The van der Waals surface area contributed by atoms with Gasteiger partial charge in [0.25, 0.3) is 5.91 Å². The lowest BCUT2D eigenvalue weighted by molar-refractivity contribution is 0.0773. The molecule has 2 rings (SSSR count). The van der Waals surface area contributed by atoms with Gasteiger partial charge in [-0.25, -0.2) is 0 Å². The summed E-state index contributed by atoms with van der Waals surface area (Å²) < 4.78 is 0. The summed E-state index contributed by atoms with van der Waals surface area (Å²) >= 11 is 0. The van der Waals surface area contributed by atoms with E-state index in [4.69, 9.17) is 11.5 Å². The van der Waals surface area contributed by atoms with Crippen LogP contribution in [0.3, 0.4) is 0 Å². The molecular weight excluding hydrogens is 282 g/mol. The SMILES string of the molecule is CCN(CC)C(=O)c1cccc(N=Nc2c(N)n[nH]c2N)c1. The van der Waals surface area contributed by atoms with Gasteiger partial charge in [-0.2, -0.15) is 10.2 Å². The van der Waals surface area contributed by atoms with Crippen LogP contribution in [-0.2, 0) is 0 Å². The number of azo groups is 1. The summed E-state index contributed by atoms with van der Waals surface area (Å²) in [6.45, 7) is 5.19. The molecule has 1 aromatic heterocycles. The molecule has 2 aromatic rings. The van der Waals surface area contributed by atoms with Crippen LogP contribution in [-0.4, -0.2) is 34.1 Å². The van der Waals surface area contributed by atoms with Crippen molar-refractivity contribution in [3.63, 3.8) is 0 Å². The monoisotopic (exact) mass is 301 g/mol. The summed E-state index contributed by atoms with van der Waals surface area (Å²) in [5, 5.41) is 14.3. The molecule has 0 aliphatic carbocycles. The maximum absolute atomic E-state index is 12.3. The second-order valence-electron chi connectivity index (χ2n) is 4.60. The van der Waals surface area contributed by atoms with Crippen molar-refractivity contribution in [1.29, 1.82) is 0 Å². The van der Waals surface area contributed by atoms with E-state index in [2.05, 4.69) is 20.4 Å². The zero-order valence-corrected chi connectivity index (χ0v) is 12.6. The molecule has 0 fully saturated rings. The number of aromatic nitrogens is 2. The number of hydrogen-bond acceptors (Lipinski definition) is 6. The Morgan fingerprint density at radius 1 is 1.27 bits per heavy atom. The number of anilines is 2. The average molecular weight is 301 g/mol. The quantitative estimate of drug-likeness (QED) is 0.733. The van der Waals surface area contributed by atoms with Gasteiger partial charge < -0.3 is 16.4 Å². The molecule has 1 aromatic carbocycles. The van der Waals surface area contributed by atoms with Gasteiger partial charge >= 0.3 is 0 Å². The van der Waals surface area contributed by atoms with E-state index < -0.39 is 0 Å². The highest BCUT2D eigenvalue weighted by Crippen LogP contribution is 2.28. The Labute approximate surface area is 128 Å². The van der Waals surface area contributed by atoms with Crippen LogP contribution >= 0.6 is 0 Å². The van der Waals surface area contributed by atoms with Crippen molar-refractivity contribution in [2.75, 3.05) is 24.6 Å². The molecular formula is C14H19N7O. The third kappa shape index (κ3) is 3.22. The van der Waals surface area contributed by atoms with Gasteiger partial charge in [-0.15, -0.1) is 5.11 Å². The van der Waals surface area contributed by atoms with E-state index in [1.165, 1.54) is 0 Å². The number of amides is 1. The highest BCUT2D eigenvalue weighted by Gasteiger charge is 2.12. The molecule has 22 heavy (non-hydrogen) atoms. The number of carbonyl (C=O) groups is 1. The van der Waals surface area contributed by atoms with E-state index in [1.54, 1.807) is 29.2 Å². The van der Waals surface area contributed by atoms with Crippen molar-refractivity contribution in [1.82, 2.24) is 15.1 Å². The maximum Gasteiger partial charge on any atom is 0.253 e. The van der Waals surface area contributed by atoms with Crippen molar-refractivity contribution >= 4 is 28.9 Å². The summed E-state index contributed by atoms with van der Waals surface area (Å²) in [5.74, 6) is 0.387. The van der Waals surface area contributed by atoms with Crippen LogP contribution in [0, 0.1) is 0 Å². The second-order valence-corrected chi connectivity index (χ2v) is 4.60. The van der Waals surface area contributed by atoms with Crippen molar-refractivity contribution in [3.8, 4) is 0 Å². The fraction of sp³-hybridized carbons (Fsp3) is 0.286. The highest BCUT2D eigenvalue weighted by molar-refractivity contribution is 5.95. The molecule has 8 heteroatoms. The van der Waals surface area contributed by atoms with Crippen molar-refractivity contribution in [3.05, 3.63) is 29.8 Å². The first-order chi connectivity index (χ1) is 10.6. The zero-order valence-electron chi connectivity index (χ0n) is 12.6. The lowest BCUT2D eigenvalue weighted by Crippen LogP contribution is -2.30. The van der Waals surface area contributed by atoms with Crippen LogP contribution in [0.15, 0.2) is 34.5 Å². The molecule has 0 aliphatic rings. The Balaban J connectivity index is 2.24. The van der Waals surface area contributed by atoms with Crippen molar-refractivity contribution < 1.29 is 4.79 Å². The van der Waals surface area contributed by atoms with Crippen LogP contribution in [0.2, 0.25) is 0 Å². The molecule has 8 nitrogen and oxygen atoms in total. The summed E-state index contributed by atoms with van der Waals surface area (Å²) in [7, 11) is 0. The second kappa shape index (κ2) is 6.70. The number of carbonyl (C=O) groups excluding carboxylic acids is 1. The summed E-state index contributed by atoms with van der Waals surface area (Å²) in [6.07, 6.45) is 0. The van der Waals surface area contributed by atoms with Crippen molar-refractivity contribution in [2.45, 2.75) is 13.8 Å². The zero-order chi connectivity index (χ0) is 16.1. The average Bonchev–Trinajstić information content (AvgIpc) is 2.85. The molecule has 5 N–H and O–H groups in total. The molecule has 0 atom stereocenters. The number of nitrogens with one attached hydrogen (secondary N) is 1. The Kier molecular flexibility index (Phi) is 4.72. The van der Waals surface area contributed by atoms with E-state index in [1.807, 2.05) is 13.8 Å². The first-order valence-electron chi connectivity index (χ1n) is 6.97. The molecule has 1 amide bonds. The van der Waals surface area contributed by atoms with E-state index in [-0.39, 0.29) is 17.5 Å². The fourth-order valence-electron chi connectivity index (χ4n) is 1.97. The summed E-state index contributed by atoms with van der Waals surface area (Å²) in [5.41, 5.74) is 12.7. The molecule has 1 heterocycles. The number of H-pyrrole nitrogens is 1. The van der Waals surface area contributed by atoms with Gasteiger partial charge in [-0.05, 0) is 32.0 Å². The van der Waals surface area contributed by atoms with Gasteiger partial charge in [-0.1, -0.05) is 6.07 Å². The largest absolute Gasteiger partial charge is 0.382 e. The summed E-state index contributed by atoms with van der Waals surface area (Å²) in [6, 6.07) is 6.93. The van der Waals surface area contributed by atoms with E-state index in [0.717, 1.165) is 0 Å². The Morgan fingerprint density at radius 3 is 2.59 bits per heavy atom. The van der Waals surface area contributed by atoms with Gasteiger partial charge in [0.1, 0.15) is 5.82 Å². The Hall–Kier alpha value is -2.90. The molecule has 0 saturated carbocycles. The van der Waals surface area contributed by atoms with Gasteiger partial charge in [0, 0.05) is 18.7 Å². The Morgan fingerprint density at radius 2 is 2.00 bits per heavy atom. The highest BCUT2D eigenvalue weighted by atomic mass is 16.2. The predicted molar refractivity (Wildman–Crippen MR) is 85.3 cm³/mol. The smallest absolute Gasteiger partial charge is 0.253 e. The van der Waals surface area contributed by atoms with Crippen LogP contribution in [0.4, 0.5) is 23.0 Å². The van der Waals surface area contributed by atoms with Crippen molar-refractivity contribution in [2.24, 2.45) is 10.2 Å². The van der Waals surface area contributed by atoms with Gasteiger partial charge in [0.15, 0.2) is 11.5 Å². The molecule has 0 saturated heterocycles. The first-order valence-corrected chi connectivity index (χ1v) is 6.97. The lowest BCUT2D eigenvalue weighted by atomic mass is 10.2. The predicted octanol–water partition coefficient (Wildman–Crippen LogP) is 2.47. The fourth-order valence-corrected chi connectivity index (χ4v) is 1.97. The van der Waals surface area contributed by atoms with Crippen LogP contribution in [0.25, 0.3) is 0 Å². The number of aromatic amines is 1. The number of nitrogens with two attached hydrogens (primary N) is 2. The number of hydrogen-bond donors (Lipinski definition) is 3. The number of benzene rings is 1. The minimum Gasteiger partial charge on any atom is -0.382 e. The van der Waals surface area contributed by atoms with Crippen LogP contribution in [0.5, 0.6) is 0 Å². The minimum absolute atomic E-state index is 0.0376. The van der Waals surface area contributed by atoms with Gasteiger partial charge in [0.05, 0.1) is 5.69 Å². The Bertz CT molecular complexity index is 669. The summed E-state index contributed by atoms with van der Waals surface area (Å²) in [4.78, 5) is 14.0. The lowest BCUT2D eigenvalue weighted by Gasteiger charge is -2.18. The first kappa shape index (κ1) is 15.5. The van der Waals surface area contributed by atoms with Crippen LogP contribution < -0.4 is 11.5 Å². The van der Waals surface area contributed by atoms with E-state index in [9.17, 15) is 4.79 Å². The van der Waals surface area contributed by atoms with Crippen LogP contribution in [0.1, 0.15) is 24.2 Å². The normalized spacial score (nSPS) is 11.0. The maximum atomic E-state index is 12.3. The molecule has 0 unspecified atom stereocenters. The third-order valence-electron chi connectivity index (χ3n) is 3.20. The molecule has 116 valence electrons. The molecule has 0 radical (unpaired) electrons. The van der Waals surface area contributed by atoms with E-state index in [0.29, 0.717) is 30.0 Å². The molecule has 0 aliphatic heterocycles. The topological polar surface area (TPSA) is 126 Å². The number of nitrogens with zero attached hydrogens (tertiary/aromatic N) is 4. The van der Waals surface area contributed by atoms with Gasteiger partial charge in [-0.3, -0.25) is 9.89 Å². The standard InChI is InChI=1S/C14H19N7O/c1-3-21(4-2)14(22)9-6-5-7-10(8-9)17-18-11-12(15)19-20-13(11)16/h5-8H,3-4H2,1-2H3,(H5,15,16,19,20). The molecule has 0 spiro atoms. The number of nitrogen functional groups attached to an aromatic ring is 2. The third-order valence-corrected chi connectivity index (χ3v) is 3.20. The molecule has 0 bridgehead atoms.